The maximum atomic E-state index is 10.6. The molecule has 64 valence electrons. The molecule has 0 aliphatic carbocycles. The summed E-state index contributed by atoms with van der Waals surface area (Å²) >= 11 is 1.85. The van der Waals surface area contributed by atoms with Crippen LogP contribution in [0.3, 0.4) is 0 Å². The van der Waals surface area contributed by atoms with Crippen molar-refractivity contribution in [1.82, 2.24) is 5.32 Å². The van der Waals surface area contributed by atoms with Crippen LogP contribution in [-0.4, -0.2) is 29.5 Å². The molecule has 0 bridgehead atoms. The summed E-state index contributed by atoms with van der Waals surface area (Å²) in [5.74, 6) is 1.08. The van der Waals surface area contributed by atoms with Gasteiger partial charge in [-0.3, -0.25) is 4.79 Å². The predicted octanol–water partition coefficient (Wildman–Crippen LogP) is -0.0447. The van der Waals surface area contributed by atoms with E-state index in [0.717, 1.165) is 18.7 Å². The van der Waals surface area contributed by atoms with E-state index < -0.39 is 0 Å². The first-order valence-electron chi connectivity index (χ1n) is 3.81. The van der Waals surface area contributed by atoms with Crippen LogP contribution in [0.4, 0.5) is 0 Å². The van der Waals surface area contributed by atoms with Crippen LogP contribution in [0, 0.1) is 0 Å². The van der Waals surface area contributed by atoms with Crippen LogP contribution in [0.5, 0.6) is 0 Å². The normalized spacial score (nSPS) is 30.4. The molecule has 4 heteroatoms. The molecule has 1 rings (SSSR count). The molecule has 0 spiro atoms. The fourth-order valence-electron chi connectivity index (χ4n) is 1.26. The van der Waals surface area contributed by atoms with Gasteiger partial charge in [-0.25, -0.2) is 0 Å². The summed E-state index contributed by atoms with van der Waals surface area (Å²) in [5, 5.41) is 3.44. The van der Waals surface area contributed by atoms with E-state index in [1.165, 1.54) is 0 Å². The fourth-order valence-corrected chi connectivity index (χ4v) is 2.49. The monoisotopic (exact) mass is 174 g/mol. The zero-order valence-corrected chi connectivity index (χ0v) is 7.49. The highest BCUT2D eigenvalue weighted by Crippen LogP contribution is 2.25. The van der Waals surface area contributed by atoms with Crippen molar-refractivity contribution in [3.05, 3.63) is 0 Å². The van der Waals surface area contributed by atoms with Gasteiger partial charge in [0, 0.05) is 30.5 Å². The third-order valence-corrected chi connectivity index (χ3v) is 3.20. The SMILES string of the molecule is CC(=O)NC1CSC(CN)C1. The minimum atomic E-state index is 0.0632. The number of hydrogen-bond donors (Lipinski definition) is 2. The largest absolute Gasteiger partial charge is 0.353 e. The lowest BCUT2D eigenvalue weighted by atomic mass is 10.2. The molecule has 3 nitrogen and oxygen atoms in total. The molecular formula is C7H14N2OS. The Morgan fingerprint density at radius 1 is 1.82 bits per heavy atom. The van der Waals surface area contributed by atoms with Crippen molar-refractivity contribution in [2.24, 2.45) is 5.73 Å². The van der Waals surface area contributed by atoms with Crippen LogP contribution in [0.1, 0.15) is 13.3 Å². The molecule has 1 fully saturated rings. The molecule has 0 saturated carbocycles. The number of amides is 1. The third-order valence-electron chi connectivity index (χ3n) is 1.75. The van der Waals surface area contributed by atoms with Crippen molar-refractivity contribution in [2.75, 3.05) is 12.3 Å². The van der Waals surface area contributed by atoms with Gasteiger partial charge in [0.2, 0.25) is 5.91 Å². The standard InChI is InChI=1S/C7H14N2OS/c1-5(10)9-6-2-7(3-8)11-4-6/h6-7H,2-4,8H2,1H3,(H,9,10). The molecule has 1 aliphatic rings. The highest BCUT2D eigenvalue weighted by atomic mass is 32.2. The second kappa shape index (κ2) is 3.97. The molecule has 2 atom stereocenters. The number of nitrogens with two attached hydrogens (primary N) is 1. The van der Waals surface area contributed by atoms with Crippen molar-refractivity contribution in [3.63, 3.8) is 0 Å². The van der Waals surface area contributed by atoms with Gasteiger partial charge in [0.25, 0.3) is 0 Å². The molecule has 1 saturated heterocycles. The highest BCUT2D eigenvalue weighted by molar-refractivity contribution is 8.00. The molecular weight excluding hydrogens is 160 g/mol. The lowest BCUT2D eigenvalue weighted by Gasteiger charge is -2.08. The van der Waals surface area contributed by atoms with Gasteiger partial charge in [0.15, 0.2) is 0 Å². The van der Waals surface area contributed by atoms with Gasteiger partial charge in [-0.05, 0) is 6.42 Å². The van der Waals surface area contributed by atoms with Gasteiger partial charge in [0.1, 0.15) is 0 Å². The van der Waals surface area contributed by atoms with Crippen LogP contribution in [0.25, 0.3) is 0 Å². The van der Waals surface area contributed by atoms with E-state index in [1.54, 1.807) is 6.92 Å². The number of carbonyl (C=O) groups excluding carboxylic acids is 1. The van der Waals surface area contributed by atoms with Gasteiger partial charge < -0.3 is 11.1 Å². The summed E-state index contributed by atoms with van der Waals surface area (Å²) in [7, 11) is 0. The Balaban J connectivity index is 2.24. The Morgan fingerprint density at radius 3 is 3.00 bits per heavy atom. The van der Waals surface area contributed by atoms with Gasteiger partial charge in [-0.2, -0.15) is 11.8 Å². The maximum absolute atomic E-state index is 10.6. The molecule has 1 amide bonds. The topological polar surface area (TPSA) is 55.1 Å². The summed E-state index contributed by atoms with van der Waals surface area (Å²) < 4.78 is 0. The minimum Gasteiger partial charge on any atom is -0.353 e. The first-order valence-corrected chi connectivity index (χ1v) is 4.86. The second-order valence-electron chi connectivity index (χ2n) is 2.82. The van der Waals surface area contributed by atoms with Crippen molar-refractivity contribution in [3.8, 4) is 0 Å². The smallest absolute Gasteiger partial charge is 0.217 e. The van der Waals surface area contributed by atoms with E-state index in [9.17, 15) is 4.79 Å². The number of nitrogens with one attached hydrogen (secondary N) is 1. The average molecular weight is 174 g/mol. The van der Waals surface area contributed by atoms with Crippen LogP contribution in [0.2, 0.25) is 0 Å². The van der Waals surface area contributed by atoms with Crippen LogP contribution in [-0.2, 0) is 4.79 Å². The average Bonchev–Trinajstić information content (AvgIpc) is 2.34. The van der Waals surface area contributed by atoms with E-state index in [1.807, 2.05) is 11.8 Å². The molecule has 3 N–H and O–H groups in total. The number of rotatable bonds is 2. The van der Waals surface area contributed by atoms with Gasteiger partial charge >= 0.3 is 0 Å². The van der Waals surface area contributed by atoms with Crippen LogP contribution >= 0.6 is 11.8 Å². The van der Waals surface area contributed by atoms with Gasteiger partial charge in [0.05, 0.1) is 0 Å². The van der Waals surface area contributed by atoms with Crippen molar-refractivity contribution in [2.45, 2.75) is 24.6 Å². The molecule has 1 heterocycles. The molecule has 0 aromatic heterocycles. The molecule has 1 aliphatic heterocycles. The molecule has 0 aromatic carbocycles. The zero-order valence-electron chi connectivity index (χ0n) is 6.67. The predicted molar refractivity (Wildman–Crippen MR) is 47.5 cm³/mol. The quantitative estimate of drug-likeness (QED) is 0.617. The summed E-state index contributed by atoms with van der Waals surface area (Å²) in [6, 6.07) is 0.353. The molecule has 0 aromatic rings. The van der Waals surface area contributed by atoms with Crippen molar-refractivity contribution in [1.29, 1.82) is 0 Å². The summed E-state index contributed by atoms with van der Waals surface area (Å²) in [6.07, 6.45) is 1.03. The van der Waals surface area contributed by atoms with Crippen molar-refractivity contribution < 1.29 is 4.79 Å². The number of carbonyl (C=O) groups is 1. The number of hydrogen-bond acceptors (Lipinski definition) is 3. The first-order chi connectivity index (χ1) is 5.22. The Bertz CT molecular complexity index is 151. The Labute approximate surface area is 71.1 Å². The molecule has 0 radical (unpaired) electrons. The van der Waals surface area contributed by atoms with E-state index in [-0.39, 0.29) is 5.91 Å². The minimum absolute atomic E-state index is 0.0632. The lowest BCUT2D eigenvalue weighted by Crippen LogP contribution is -2.33. The third kappa shape index (κ3) is 2.71. The summed E-state index contributed by atoms with van der Waals surface area (Å²) in [6.45, 7) is 2.28. The van der Waals surface area contributed by atoms with E-state index in [4.69, 9.17) is 5.73 Å². The summed E-state index contributed by atoms with van der Waals surface area (Å²) in [5.41, 5.74) is 5.49. The fraction of sp³-hybridized carbons (Fsp3) is 0.857. The Hall–Kier alpha value is -0.220. The maximum Gasteiger partial charge on any atom is 0.217 e. The van der Waals surface area contributed by atoms with Crippen molar-refractivity contribution >= 4 is 17.7 Å². The molecule has 11 heavy (non-hydrogen) atoms. The van der Waals surface area contributed by atoms with Gasteiger partial charge in [-0.1, -0.05) is 0 Å². The zero-order chi connectivity index (χ0) is 8.27. The first kappa shape index (κ1) is 8.87. The van der Waals surface area contributed by atoms with E-state index >= 15 is 0 Å². The second-order valence-corrected chi connectivity index (χ2v) is 4.16. The molecule has 2 unspecified atom stereocenters. The van der Waals surface area contributed by atoms with Crippen LogP contribution < -0.4 is 11.1 Å². The number of thioether (sulfide) groups is 1. The Morgan fingerprint density at radius 2 is 2.55 bits per heavy atom. The highest BCUT2D eigenvalue weighted by Gasteiger charge is 2.24. The lowest BCUT2D eigenvalue weighted by molar-refractivity contribution is -0.119. The van der Waals surface area contributed by atoms with Crippen LogP contribution in [0.15, 0.2) is 0 Å². The van der Waals surface area contributed by atoms with E-state index in [0.29, 0.717) is 11.3 Å². The van der Waals surface area contributed by atoms with E-state index in [2.05, 4.69) is 5.32 Å². The van der Waals surface area contributed by atoms with Gasteiger partial charge in [-0.15, -0.1) is 0 Å². The Kier molecular flexibility index (Phi) is 3.20. The summed E-state index contributed by atoms with van der Waals surface area (Å²) in [4.78, 5) is 10.6.